The van der Waals surface area contributed by atoms with E-state index in [0.717, 1.165) is 12.1 Å². The second kappa shape index (κ2) is 10.4. The first-order valence-corrected chi connectivity index (χ1v) is 11.8. The molecule has 0 heterocycles. The van der Waals surface area contributed by atoms with Gasteiger partial charge < -0.3 is 10.1 Å². The van der Waals surface area contributed by atoms with E-state index in [2.05, 4.69) is 5.32 Å². The second-order valence-corrected chi connectivity index (χ2v) is 9.26. The van der Waals surface area contributed by atoms with Crippen molar-refractivity contribution >= 4 is 38.9 Å². The van der Waals surface area contributed by atoms with Crippen LogP contribution in [0.5, 0.6) is 5.75 Å². The maximum Gasteiger partial charge on any atom is 0.416 e. The van der Waals surface area contributed by atoms with Crippen LogP contribution in [-0.4, -0.2) is 27.5 Å². The van der Waals surface area contributed by atoms with E-state index < -0.39 is 39.9 Å². The molecule has 0 atom stereocenters. The number of carbonyl (C=O) groups excluding carboxylic acids is 1. The molecular formula is C23H20ClF3N2O4S. The Balaban J connectivity index is 1.98. The lowest BCUT2D eigenvalue weighted by atomic mass is 10.2. The topological polar surface area (TPSA) is 75.7 Å². The third-order valence-electron chi connectivity index (χ3n) is 4.61. The van der Waals surface area contributed by atoms with Gasteiger partial charge in [-0.25, -0.2) is 8.42 Å². The number of sulfonamides is 1. The van der Waals surface area contributed by atoms with Gasteiger partial charge >= 0.3 is 6.18 Å². The summed E-state index contributed by atoms with van der Waals surface area (Å²) in [4.78, 5) is 12.6. The fraction of sp³-hybridized carbons (Fsp3) is 0.174. The van der Waals surface area contributed by atoms with Crippen LogP contribution >= 0.6 is 11.6 Å². The van der Waals surface area contributed by atoms with Gasteiger partial charge in [0, 0.05) is 5.69 Å². The highest BCUT2D eigenvalue weighted by Gasteiger charge is 2.34. The van der Waals surface area contributed by atoms with Crippen LogP contribution in [0, 0.1) is 0 Å². The quantitative estimate of drug-likeness (QED) is 0.427. The highest BCUT2D eigenvalue weighted by atomic mass is 35.5. The van der Waals surface area contributed by atoms with Crippen molar-refractivity contribution < 1.29 is 31.1 Å². The van der Waals surface area contributed by atoms with Crippen molar-refractivity contribution in [3.05, 3.63) is 83.4 Å². The fourth-order valence-corrected chi connectivity index (χ4v) is 4.75. The summed E-state index contributed by atoms with van der Waals surface area (Å²) in [6.07, 6.45) is -4.74. The first kappa shape index (κ1) is 25.4. The van der Waals surface area contributed by atoms with Gasteiger partial charge in [-0.3, -0.25) is 9.10 Å². The predicted molar refractivity (Wildman–Crippen MR) is 124 cm³/mol. The molecule has 0 aliphatic rings. The summed E-state index contributed by atoms with van der Waals surface area (Å²) in [5.74, 6) is -0.207. The highest BCUT2D eigenvalue weighted by molar-refractivity contribution is 7.92. The summed E-state index contributed by atoms with van der Waals surface area (Å²) in [7, 11) is -4.44. The van der Waals surface area contributed by atoms with E-state index in [1.807, 2.05) is 6.92 Å². The standard InChI is InChI=1S/C23H20ClF3N2O4S/c1-2-33-18-11-9-17(10-12-18)28-22(30)15-29(34(31,32)19-6-4-3-5-7-19)21-14-16(23(25,26)27)8-13-20(21)24/h3-14H,2,15H2,1H3,(H,28,30). The van der Waals surface area contributed by atoms with Crippen LogP contribution in [0.2, 0.25) is 5.02 Å². The average molecular weight is 513 g/mol. The van der Waals surface area contributed by atoms with Crippen LogP contribution in [0.3, 0.4) is 0 Å². The van der Waals surface area contributed by atoms with Gasteiger partial charge in [0.2, 0.25) is 5.91 Å². The minimum atomic E-state index is -4.74. The molecule has 34 heavy (non-hydrogen) atoms. The Bertz CT molecular complexity index is 1250. The minimum Gasteiger partial charge on any atom is -0.494 e. The van der Waals surface area contributed by atoms with Crippen molar-refractivity contribution in [2.75, 3.05) is 22.8 Å². The van der Waals surface area contributed by atoms with Crippen molar-refractivity contribution in [1.29, 1.82) is 0 Å². The van der Waals surface area contributed by atoms with Gasteiger partial charge in [0.15, 0.2) is 0 Å². The Morgan fingerprint density at radius 1 is 1.03 bits per heavy atom. The second-order valence-electron chi connectivity index (χ2n) is 6.99. The van der Waals surface area contributed by atoms with E-state index >= 15 is 0 Å². The van der Waals surface area contributed by atoms with Gasteiger partial charge in [-0.05, 0) is 61.5 Å². The Morgan fingerprint density at radius 3 is 2.26 bits per heavy atom. The summed E-state index contributed by atoms with van der Waals surface area (Å²) in [6, 6.07) is 15.7. The van der Waals surface area contributed by atoms with Crippen molar-refractivity contribution in [2.45, 2.75) is 18.0 Å². The molecule has 1 N–H and O–H groups in total. The maximum atomic E-state index is 13.3. The third-order valence-corrected chi connectivity index (χ3v) is 6.70. The van der Waals surface area contributed by atoms with Gasteiger partial charge in [0.1, 0.15) is 12.3 Å². The largest absolute Gasteiger partial charge is 0.494 e. The minimum absolute atomic E-state index is 0.211. The first-order valence-electron chi connectivity index (χ1n) is 9.99. The van der Waals surface area contributed by atoms with Crippen molar-refractivity contribution in [1.82, 2.24) is 0 Å². The molecule has 0 saturated heterocycles. The molecule has 6 nitrogen and oxygen atoms in total. The molecular weight excluding hydrogens is 493 g/mol. The molecule has 0 saturated carbocycles. The number of hydrogen-bond acceptors (Lipinski definition) is 4. The van der Waals surface area contributed by atoms with E-state index in [1.54, 1.807) is 30.3 Å². The molecule has 1 amide bonds. The smallest absolute Gasteiger partial charge is 0.416 e. The van der Waals surface area contributed by atoms with Crippen LogP contribution in [0.15, 0.2) is 77.7 Å². The van der Waals surface area contributed by atoms with E-state index in [0.29, 0.717) is 28.4 Å². The first-order chi connectivity index (χ1) is 16.0. The number of alkyl halides is 3. The van der Waals surface area contributed by atoms with Crippen molar-refractivity contribution in [3.63, 3.8) is 0 Å². The number of ether oxygens (including phenoxy) is 1. The molecule has 0 radical (unpaired) electrons. The summed E-state index contributed by atoms with van der Waals surface area (Å²) >= 11 is 6.11. The average Bonchev–Trinajstić information content (AvgIpc) is 2.79. The zero-order chi connectivity index (χ0) is 24.9. The maximum absolute atomic E-state index is 13.3. The molecule has 180 valence electrons. The summed E-state index contributed by atoms with van der Waals surface area (Å²) in [5, 5.41) is 2.27. The monoisotopic (exact) mass is 512 g/mol. The molecule has 0 fully saturated rings. The third kappa shape index (κ3) is 6.00. The summed E-state index contributed by atoms with van der Waals surface area (Å²) < 4.78 is 72.5. The molecule has 0 aromatic heterocycles. The molecule has 0 spiro atoms. The molecule has 0 aliphatic carbocycles. The molecule has 3 rings (SSSR count). The lowest BCUT2D eigenvalue weighted by molar-refractivity contribution is -0.137. The van der Waals surface area contributed by atoms with E-state index in [-0.39, 0.29) is 9.92 Å². The molecule has 0 unspecified atom stereocenters. The number of benzene rings is 3. The molecule has 0 bridgehead atoms. The summed E-state index contributed by atoms with van der Waals surface area (Å²) in [6.45, 7) is 1.46. The number of nitrogens with one attached hydrogen (secondary N) is 1. The number of amides is 1. The van der Waals surface area contributed by atoms with Crippen LogP contribution in [-0.2, 0) is 21.0 Å². The lowest BCUT2D eigenvalue weighted by Crippen LogP contribution is -2.38. The predicted octanol–water partition coefficient (Wildman–Crippen LogP) is 5.59. The molecule has 0 aliphatic heterocycles. The van der Waals surface area contributed by atoms with Gasteiger partial charge in [0.05, 0.1) is 27.8 Å². The van der Waals surface area contributed by atoms with Crippen molar-refractivity contribution in [3.8, 4) is 5.75 Å². The Morgan fingerprint density at radius 2 is 1.68 bits per heavy atom. The van der Waals surface area contributed by atoms with Crippen LogP contribution in [0.25, 0.3) is 0 Å². The van der Waals surface area contributed by atoms with Gasteiger partial charge in [0.25, 0.3) is 10.0 Å². The Kier molecular flexibility index (Phi) is 7.73. The van der Waals surface area contributed by atoms with E-state index in [9.17, 15) is 26.4 Å². The van der Waals surface area contributed by atoms with Crippen LogP contribution in [0.4, 0.5) is 24.5 Å². The lowest BCUT2D eigenvalue weighted by Gasteiger charge is -2.26. The van der Waals surface area contributed by atoms with Gasteiger partial charge in [-0.2, -0.15) is 13.2 Å². The number of nitrogens with zero attached hydrogens (tertiary/aromatic N) is 1. The number of carbonyl (C=O) groups is 1. The van der Waals surface area contributed by atoms with Gasteiger partial charge in [-0.1, -0.05) is 29.8 Å². The number of hydrogen-bond donors (Lipinski definition) is 1. The van der Waals surface area contributed by atoms with Crippen LogP contribution in [0.1, 0.15) is 12.5 Å². The Hall–Kier alpha value is -3.24. The SMILES string of the molecule is CCOc1ccc(NC(=O)CN(c2cc(C(F)(F)F)ccc2Cl)S(=O)(=O)c2ccccc2)cc1. The molecule has 11 heteroatoms. The van der Waals surface area contributed by atoms with Gasteiger partial charge in [-0.15, -0.1) is 0 Å². The number of halogens is 4. The fourth-order valence-electron chi connectivity index (χ4n) is 3.03. The normalized spacial score (nSPS) is 11.7. The van der Waals surface area contributed by atoms with E-state index in [1.165, 1.54) is 24.3 Å². The molecule has 3 aromatic carbocycles. The summed E-state index contributed by atoms with van der Waals surface area (Å²) in [5.41, 5.74) is -1.23. The Labute approximate surface area is 200 Å². The molecule has 3 aromatic rings. The number of rotatable bonds is 8. The van der Waals surface area contributed by atoms with Crippen LogP contribution < -0.4 is 14.4 Å². The zero-order valence-corrected chi connectivity index (χ0v) is 19.4. The zero-order valence-electron chi connectivity index (χ0n) is 17.8. The van der Waals surface area contributed by atoms with Crippen molar-refractivity contribution in [2.24, 2.45) is 0 Å². The number of anilines is 2. The highest BCUT2D eigenvalue weighted by Crippen LogP contribution is 2.37. The van der Waals surface area contributed by atoms with E-state index in [4.69, 9.17) is 16.3 Å².